The van der Waals surface area contributed by atoms with Crippen LogP contribution >= 0.6 is 15.9 Å². The Labute approximate surface area is 112 Å². The molecule has 1 aliphatic carbocycles. The Morgan fingerprint density at radius 1 is 1.47 bits per heavy atom. The first kappa shape index (κ1) is 12.9. The van der Waals surface area contributed by atoms with Crippen molar-refractivity contribution in [2.45, 2.75) is 56.3 Å². The van der Waals surface area contributed by atoms with E-state index in [2.05, 4.69) is 39.6 Å². The van der Waals surface area contributed by atoms with Crippen molar-refractivity contribution in [1.82, 2.24) is 9.78 Å². The normalized spacial score (nSPS) is 25.2. The fourth-order valence-electron chi connectivity index (χ4n) is 2.69. The van der Waals surface area contributed by atoms with Gasteiger partial charge in [0.05, 0.1) is 19.0 Å². The lowest BCUT2D eigenvalue weighted by Crippen LogP contribution is -2.19. The van der Waals surface area contributed by atoms with Crippen LogP contribution in [0.4, 0.5) is 0 Å². The van der Waals surface area contributed by atoms with Gasteiger partial charge in [0.15, 0.2) is 5.75 Å². The van der Waals surface area contributed by atoms with Gasteiger partial charge >= 0.3 is 0 Å². The first-order valence-electron chi connectivity index (χ1n) is 6.39. The number of nitrogens with zero attached hydrogens (tertiary/aromatic N) is 2. The van der Waals surface area contributed by atoms with Crippen molar-refractivity contribution in [3.63, 3.8) is 0 Å². The third kappa shape index (κ3) is 2.67. The third-order valence-corrected chi connectivity index (χ3v) is 4.34. The fourth-order valence-corrected chi connectivity index (χ4v) is 3.47. The highest BCUT2D eigenvalue weighted by Crippen LogP contribution is 2.40. The average Bonchev–Trinajstić information content (AvgIpc) is 2.72. The molecule has 0 aromatic carbocycles. The maximum Gasteiger partial charge on any atom is 0.160 e. The van der Waals surface area contributed by atoms with Gasteiger partial charge in [0.2, 0.25) is 0 Å². The number of alkyl halides is 1. The van der Waals surface area contributed by atoms with Crippen LogP contribution < -0.4 is 4.74 Å². The van der Waals surface area contributed by atoms with Gasteiger partial charge in [-0.25, -0.2) is 0 Å². The number of ether oxygens (including phenoxy) is 1. The van der Waals surface area contributed by atoms with Crippen molar-refractivity contribution < 1.29 is 4.74 Å². The molecular formula is C13H21BrN2O. The van der Waals surface area contributed by atoms with Crippen LogP contribution in [0.3, 0.4) is 0 Å². The fraction of sp³-hybridized carbons (Fsp3) is 0.769. The van der Waals surface area contributed by atoms with Crippen molar-refractivity contribution in [3.05, 3.63) is 11.9 Å². The lowest BCUT2D eigenvalue weighted by atomic mass is 9.86. The highest BCUT2D eigenvalue weighted by molar-refractivity contribution is 9.09. The van der Waals surface area contributed by atoms with E-state index in [4.69, 9.17) is 4.74 Å². The molecule has 0 saturated heterocycles. The summed E-state index contributed by atoms with van der Waals surface area (Å²) in [6.07, 6.45) is 6.86. The van der Waals surface area contributed by atoms with Crippen molar-refractivity contribution in [2.75, 3.05) is 7.11 Å². The molecule has 1 fully saturated rings. The van der Waals surface area contributed by atoms with E-state index in [1.807, 2.05) is 6.20 Å². The van der Waals surface area contributed by atoms with E-state index in [9.17, 15) is 0 Å². The van der Waals surface area contributed by atoms with Crippen LogP contribution in [0.15, 0.2) is 6.20 Å². The molecule has 2 unspecified atom stereocenters. The van der Waals surface area contributed by atoms with Crippen LogP contribution in [-0.2, 0) is 0 Å². The second-order valence-corrected chi connectivity index (χ2v) is 6.39. The first-order chi connectivity index (χ1) is 8.13. The summed E-state index contributed by atoms with van der Waals surface area (Å²) in [6, 6.07) is 0.393. The molecule has 0 spiro atoms. The second kappa shape index (κ2) is 5.42. The van der Waals surface area contributed by atoms with Gasteiger partial charge in [-0.1, -0.05) is 22.4 Å². The molecule has 0 aliphatic heterocycles. The quantitative estimate of drug-likeness (QED) is 0.792. The smallest absolute Gasteiger partial charge is 0.160 e. The summed E-state index contributed by atoms with van der Waals surface area (Å²) in [5, 5.41) is 4.46. The Balaban J connectivity index is 2.31. The highest BCUT2D eigenvalue weighted by Gasteiger charge is 2.28. The Morgan fingerprint density at radius 3 is 2.82 bits per heavy atom. The molecule has 1 heterocycles. The molecule has 96 valence electrons. The molecular weight excluding hydrogens is 280 g/mol. The zero-order valence-electron chi connectivity index (χ0n) is 10.8. The van der Waals surface area contributed by atoms with Gasteiger partial charge in [-0.2, -0.15) is 5.10 Å². The molecule has 0 bridgehead atoms. The number of hydrogen-bond donors (Lipinski definition) is 0. The molecule has 0 radical (unpaired) electrons. The van der Waals surface area contributed by atoms with E-state index < -0.39 is 0 Å². The van der Waals surface area contributed by atoms with Crippen LogP contribution in [0.5, 0.6) is 5.75 Å². The zero-order chi connectivity index (χ0) is 12.4. The molecule has 4 heteroatoms. The minimum atomic E-state index is 0.393. The predicted molar refractivity (Wildman–Crippen MR) is 73.1 cm³/mol. The van der Waals surface area contributed by atoms with Crippen molar-refractivity contribution >= 4 is 15.9 Å². The van der Waals surface area contributed by atoms with E-state index in [1.165, 1.54) is 31.4 Å². The third-order valence-electron chi connectivity index (χ3n) is 3.50. The predicted octanol–water partition coefficient (Wildman–Crippen LogP) is 3.89. The molecule has 0 N–H and O–H groups in total. The van der Waals surface area contributed by atoms with Crippen molar-refractivity contribution in [2.24, 2.45) is 0 Å². The molecule has 1 aromatic rings. The maximum atomic E-state index is 5.47. The summed E-state index contributed by atoms with van der Waals surface area (Å²) >= 11 is 3.75. The minimum absolute atomic E-state index is 0.393. The Morgan fingerprint density at radius 2 is 2.24 bits per heavy atom. The van der Waals surface area contributed by atoms with Gasteiger partial charge in [0.1, 0.15) is 0 Å². The van der Waals surface area contributed by atoms with Gasteiger partial charge in [-0.05, 0) is 33.1 Å². The van der Waals surface area contributed by atoms with Crippen LogP contribution in [0.1, 0.15) is 57.2 Å². The summed E-state index contributed by atoms with van der Waals surface area (Å²) in [4.78, 5) is 0.640. The second-order valence-electron chi connectivity index (χ2n) is 5.10. The minimum Gasteiger partial charge on any atom is -0.493 e. The summed E-state index contributed by atoms with van der Waals surface area (Å²) in [5.74, 6) is 1.53. The van der Waals surface area contributed by atoms with E-state index in [1.54, 1.807) is 7.11 Å². The molecule has 1 aromatic heterocycles. The lowest BCUT2D eigenvalue weighted by molar-refractivity contribution is 0.371. The van der Waals surface area contributed by atoms with E-state index in [-0.39, 0.29) is 0 Å². The molecule has 1 aliphatic rings. The van der Waals surface area contributed by atoms with E-state index >= 15 is 0 Å². The van der Waals surface area contributed by atoms with E-state index in [0.717, 1.165) is 5.75 Å². The summed E-state index contributed by atoms with van der Waals surface area (Å²) in [6.45, 7) is 4.34. The molecule has 3 nitrogen and oxygen atoms in total. The molecule has 1 saturated carbocycles. The van der Waals surface area contributed by atoms with Crippen LogP contribution in [0.25, 0.3) is 0 Å². The van der Waals surface area contributed by atoms with Crippen molar-refractivity contribution in [1.29, 1.82) is 0 Å². The number of aromatic nitrogens is 2. The number of hydrogen-bond acceptors (Lipinski definition) is 2. The van der Waals surface area contributed by atoms with Gasteiger partial charge < -0.3 is 4.74 Å². The van der Waals surface area contributed by atoms with Crippen molar-refractivity contribution in [3.8, 4) is 5.75 Å². The van der Waals surface area contributed by atoms with E-state index in [0.29, 0.717) is 16.8 Å². The maximum absolute atomic E-state index is 5.47. The van der Waals surface area contributed by atoms with Gasteiger partial charge in [-0.15, -0.1) is 0 Å². The zero-order valence-corrected chi connectivity index (χ0v) is 12.4. The largest absolute Gasteiger partial charge is 0.493 e. The monoisotopic (exact) mass is 300 g/mol. The molecule has 0 amide bonds. The number of methoxy groups -OCH3 is 1. The standard InChI is InChI=1S/C13H21BrN2O/c1-9(2)16-13(12(17-3)8-15-16)10-5-4-6-11(14)7-10/h8-11H,4-7H2,1-3H3. The van der Waals surface area contributed by atoms with Gasteiger partial charge in [0.25, 0.3) is 0 Å². The van der Waals surface area contributed by atoms with Crippen LogP contribution in [0, 0.1) is 0 Å². The Kier molecular flexibility index (Phi) is 4.13. The molecule has 2 atom stereocenters. The lowest BCUT2D eigenvalue weighted by Gasteiger charge is -2.27. The highest BCUT2D eigenvalue weighted by atomic mass is 79.9. The number of rotatable bonds is 3. The summed E-state index contributed by atoms with van der Waals surface area (Å²) in [7, 11) is 1.74. The summed E-state index contributed by atoms with van der Waals surface area (Å²) < 4.78 is 7.59. The van der Waals surface area contributed by atoms with Crippen LogP contribution in [0.2, 0.25) is 0 Å². The Bertz CT molecular complexity index is 375. The number of halogens is 1. The van der Waals surface area contributed by atoms with Gasteiger partial charge in [0, 0.05) is 16.8 Å². The topological polar surface area (TPSA) is 27.1 Å². The van der Waals surface area contributed by atoms with Crippen LogP contribution in [-0.4, -0.2) is 21.7 Å². The SMILES string of the molecule is COc1cnn(C(C)C)c1C1CCCC(Br)C1. The average molecular weight is 301 g/mol. The molecule has 2 rings (SSSR count). The van der Waals surface area contributed by atoms with Gasteiger partial charge in [-0.3, -0.25) is 4.68 Å². The molecule has 17 heavy (non-hydrogen) atoms. The first-order valence-corrected chi connectivity index (χ1v) is 7.30. The Hall–Kier alpha value is -0.510. The summed E-state index contributed by atoms with van der Waals surface area (Å²) in [5.41, 5.74) is 1.28.